The lowest BCUT2D eigenvalue weighted by Crippen LogP contribution is -2.46. The van der Waals surface area contributed by atoms with Crippen molar-refractivity contribution in [3.05, 3.63) is 50.1 Å². The molecule has 1 fully saturated rings. The topological polar surface area (TPSA) is 116 Å². The Hall–Kier alpha value is -2.35. The maximum absolute atomic E-state index is 12.5. The molecule has 198 valence electrons. The lowest BCUT2D eigenvalue weighted by molar-refractivity contribution is -0.00882. The fourth-order valence-corrected chi connectivity index (χ4v) is 5.04. The monoisotopic (exact) mass is 591 g/mol. The average molecular weight is 592 g/mol. The molecule has 1 saturated heterocycles. The molecule has 0 saturated carbocycles. The molecule has 1 atom stereocenters. The van der Waals surface area contributed by atoms with Gasteiger partial charge < -0.3 is 24.3 Å². The fraction of sp³-hybridized carbons (Fsp3) is 0.542. The standard InChI is InChI=1S/C24H31BBrN5O5S/c1-22(2,3)34-21(33)31-10-9-16(14-31)25-35-23(4,5)24(6,36-25)11-15-7-8-17(27-12-15)13-28-18(32)19-29-30-20(26)37-19/h7-9,12H,10-11,13-14H2,1-6H3,(H,28,32). The van der Waals surface area contributed by atoms with Gasteiger partial charge >= 0.3 is 13.2 Å². The van der Waals surface area contributed by atoms with Gasteiger partial charge in [0, 0.05) is 25.7 Å². The Balaban J connectivity index is 1.34. The van der Waals surface area contributed by atoms with Crippen molar-refractivity contribution in [1.29, 1.82) is 0 Å². The zero-order valence-electron chi connectivity index (χ0n) is 21.8. The van der Waals surface area contributed by atoms with Crippen LogP contribution >= 0.6 is 27.3 Å². The highest BCUT2D eigenvalue weighted by molar-refractivity contribution is 9.11. The van der Waals surface area contributed by atoms with Crippen molar-refractivity contribution in [2.75, 3.05) is 13.1 Å². The van der Waals surface area contributed by atoms with Crippen LogP contribution in [0.5, 0.6) is 0 Å². The van der Waals surface area contributed by atoms with E-state index in [2.05, 4.69) is 36.4 Å². The number of nitrogens with one attached hydrogen (secondary N) is 1. The first-order chi connectivity index (χ1) is 17.2. The van der Waals surface area contributed by atoms with Crippen LogP contribution in [0.15, 0.2) is 33.8 Å². The van der Waals surface area contributed by atoms with Crippen LogP contribution in [0.4, 0.5) is 4.79 Å². The fourth-order valence-electron chi connectivity index (χ4n) is 4.01. The van der Waals surface area contributed by atoms with Gasteiger partial charge in [0.05, 0.1) is 23.4 Å². The summed E-state index contributed by atoms with van der Waals surface area (Å²) in [5.41, 5.74) is 0.866. The Morgan fingerprint density at radius 1 is 1.24 bits per heavy atom. The number of aromatic nitrogens is 3. The summed E-state index contributed by atoms with van der Waals surface area (Å²) in [5, 5.41) is 10.7. The number of halogens is 1. The van der Waals surface area contributed by atoms with Gasteiger partial charge in [-0.3, -0.25) is 9.78 Å². The number of carbonyl (C=O) groups is 2. The summed E-state index contributed by atoms with van der Waals surface area (Å²) in [6.07, 6.45) is 4.00. The quantitative estimate of drug-likeness (QED) is 0.502. The Morgan fingerprint density at radius 2 is 2.00 bits per heavy atom. The van der Waals surface area contributed by atoms with Crippen LogP contribution in [0.2, 0.25) is 0 Å². The molecule has 4 heterocycles. The molecule has 37 heavy (non-hydrogen) atoms. The molecule has 2 aromatic rings. The van der Waals surface area contributed by atoms with Gasteiger partial charge in [-0.05, 0) is 74.6 Å². The van der Waals surface area contributed by atoms with E-state index in [4.69, 9.17) is 14.0 Å². The van der Waals surface area contributed by atoms with Gasteiger partial charge in [0.15, 0.2) is 3.92 Å². The van der Waals surface area contributed by atoms with E-state index in [-0.39, 0.29) is 23.6 Å². The summed E-state index contributed by atoms with van der Waals surface area (Å²) in [6.45, 7) is 12.8. The van der Waals surface area contributed by atoms with Crippen molar-refractivity contribution < 1.29 is 23.6 Å². The van der Waals surface area contributed by atoms with Crippen LogP contribution in [-0.4, -0.2) is 69.1 Å². The SMILES string of the molecule is CC(C)(C)OC(=O)N1CC=C(B2OC(C)(C)C(C)(Cc3ccc(CNC(=O)c4nnc(Br)s4)nc3)O2)C1. The number of pyridine rings is 1. The Labute approximate surface area is 229 Å². The third-order valence-electron chi connectivity index (χ3n) is 6.40. The lowest BCUT2D eigenvalue weighted by atomic mass is 9.78. The molecule has 1 N–H and O–H groups in total. The molecule has 1 unspecified atom stereocenters. The van der Waals surface area contributed by atoms with Crippen molar-refractivity contribution in [1.82, 2.24) is 25.4 Å². The van der Waals surface area contributed by atoms with Crippen LogP contribution in [0.25, 0.3) is 0 Å². The van der Waals surface area contributed by atoms with Crippen LogP contribution in [0.3, 0.4) is 0 Å². The molecule has 2 aromatic heterocycles. The normalized spacial score (nSPS) is 21.2. The number of hydrogen-bond donors (Lipinski definition) is 1. The number of nitrogens with zero attached hydrogens (tertiary/aromatic N) is 4. The minimum atomic E-state index is -0.625. The summed E-state index contributed by atoms with van der Waals surface area (Å²) in [6, 6.07) is 3.86. The van der Waals surface area contributed by atoms with Crippen molar-refractivity contribution in [3.8, 4) is 0 Å². The zero-order valence-corrected chi connectivity index (χ0v) is 24.2. The maximum atomic E-state index is 12.5. The smallest absolute Gasteiger partial charge is 0.444 e. The Kier molecular flexibility index (Phi) is 7.80. The molecule has 2 aliphatic heterocycles. The van der Waals surface area contributed by atoms with Gasteiger partial charge in [0.25, 0.3) is 5.91 Å². The maximum Gasteiger partial charge on any atom is 0.492 e. The van der Waals surface area contributed by atoms with E-state index in [0.717, 1.165) is 16.7 Å². The first kappa shape index (κ1) is 27.7. The molecule has 13 heteroatoms. The molecular formula is C24H31BBrN5O5S. The zero-order chi connectivity index (χ0) is 27.0. The largest absolute Gasteiger partial charge is 0.492 e. The van der Waals surface area contributed by atoms with E-state index < -0.39 is 23.9 Å². The second-order valence-corrected chi connectivity index (χ2v) is 13.1. The van der Waals surface area contributed by atoms with E-state index in [1.54, 1.807) is 11.1 Å². The number of rotatable bonds is 6. The van der Waals surface area contributed by atoms with Gasteiger partial charge in [-0.1, -0.05) is 23.5 Å². The first-order valence-electron chi connectivity index (χ1n) is 12.0. The van der Waals surface area contributed by atoms with Crippen LogP contribution in [0.1, 0.15) is 62.6 Å². The predicted octanol–water partition coefficient (Wildman–Crippen LogP) is 3.96. The van der Waals surface area contributed by atoms with Gasteiger partial charge in [-0.2, -0.15) is 0 Å². The molecule has 0 aliphatic carbocycles. The van der Waals surface area contributed by atoms with Crippen LogP contribution in [-0.2, 0) is 27.0 Å². The molecule has 0 spiro atoms. The number of carbonyl (C=O) groups excluding carboxylic acids is 2. The van der Waals surface area contributed by atoms with Gasteiger partial charge in [-0.15, -0.1) is 10.2 Å². The number of ether oxygens (including phenoxy) is 1. The molecule has 0 radical (unpaired) electrons. The second kappa shape index (κ2) is 10.4. The molecule has 10 nitrogen and oxygen atoms in total. The van der Waals surface area contributed by atoms with E-state index in [1.165, 1.54) is 11.3 Å². The van der Waals surface area contributed by atoms with Gasteiger partial charge in [-0.25, -0.2) is 4.79 Å². The molecule has 0 bridgehead atoms. The van der Waals surface area contributed by atoms with E-state index >= 15 is 0 Å². The third kappa shape index (κ3) is 6.57. The van der Waals surface area contributed by atoms with Crippen molar-refractivity contribution in [2.45, 2.75) is 71.3 Å². The Bertz CT molecular complexity index is 1200. The Morgan fingerprint density at radius 3 is 2.62 bits per heavy atom. The van der Waals surface area contributed by atoms with Gasteiger partial charge in [0.1, 0.15) is 5.60 Å². The molecule has 4 rings (SSSR count). The molecule has 2 aliphatic rings. The first-order valence-corrected chi connectivity index (χ1v) is 13.6. The van der Waals surface area contributed by atoms with Crippen LogP contribution < -0.4 is 5.32 Å². The molecule has 2 amide bonds. The van der Waals surface area contributed by atoms with E-state index in [9.17, 15) is 9.59 Å². The number of amides is 2. The predicted molar refractivity (Wildman–Crippen MR) is 143 cm³/mol. The van der Waals surface area contributed by atoms with Gasteiger partial charge in [0.2, 0.25) is 5.01 Å². The average Bonchev–Trinajstić information content (AvgIpc) is 3.50. The molecule has 0 aromatic carbocycles. The second-order valence-electron chi connectivity index (χ2n) is 10.8. The van der Waals surface area contributed by atoms with Crippen LogP contribution in [0, 0.1) is 0 Å². The highest BCUT2D eigenvalue weighted by Gasteiger charge is 2.55. The summed E-state index contributed by atoms with van der Waals surface area (Å²) < 4.78 is 18.9. The number of hydrogen-bond acceptors (Lipinski definition) is 9. The highest BCUT2D eigenvalue weighted by Crippen LogP contribution is 2.42. The van der Waals surface area contributed by atoms with E-state index in [1.807, 2.05) is 59.8 Å². The molecular weight excluding hydrogens is 561 g/mol. The van der Waals surface area contributed by atoms with E-state index in [0.29, 0.717) is 23.4 Å². The lowest BCUT2D eigenvalue weighted by Gasteiger charge is -2.36. The summed E-state index contributed by atoms with van der Waals surface area (Å²) in [7, 11) is -0.546. The van der Waals surface area contributed by atoms with Crippen molar-refractivity contribution in [3.63, 3.8) is 0 Å². The summed E-state index contributed by atoms with van der Waals surface area (Å²) in [4.78, 5) is 30.8. The highest BCUT2D eigenvalue weighted by atomic mass is 79.9. The minimum absolute atomic E-state index is 0.281. The summed E-state index contributed by atoms with van der Waals surface area (Å²) in [5.74, 6) is -0.294. The van der Waals surface area contributed by atoms with Crippen molar-refractivity contribution >= 4 is 46.4 Å². The minimum Gasteiger partial charge on any atom is -0.444 e. The third-order valence-corrected chi connectivity index (χ3v) is 7.75. The van der Waals surface area contributed by atoms with Crippen molar-refractivity contribution in [2.24, 2.45) is 0 Å². The summed E-state index contributed by atoms with van der Waals surface area (Å²) >= 11 is 4.37.